The van der Waals surface area contributed by atoms with Gasteiger partial charge in [-0.05, 0) is 37.1 Å². The second-order valence-corrected chi connectivity index (χ2v) is 4.81. The monoisotopic (exact) mass is 295 g/mol. The number of aryl methyl sites for hydroxylation is 3. The largest absolute Gasteiger partial charge is 0.486 e. The summed E-state index contributed by atoms with van der Waals surface area (Å²) in [6, 6.07) is 4.01. The number of nitrogens with zero attached hydrogens (tertiary/aromatic N) is 3. The molecule has 2 rings (SSSR count). The normalized spacial score (nSPS) is 10.6. The van der Waals surface area contributed by atoms with Crippen molar-refractivity contribution in [2.75, 3.05) is 0 Å². The molecule has 0 saturated carbocycles. The predicted octanol–water partition coefficient (Wildman–Crippen LogP) is 2.77. The number of rotatable bonds is 3. The fourth-order valence-corrected chi connectivity index (χ4v) is 1.80. The van der Waals surface area contributed by atoms with Crippen LogP contribution in [0.1, 0.15) is 17.0 Å². The summed E-state index contributed by atoms with van der Waals surface area (Å²) in [7, 11) is 1.90. The first-order valence-electron chi connectivity index (χ1n) is 5.30. The molecule has 0 aliphatic heterocycles. The van der Waals surface area contributed by atoms with E-state index in [1.807, 2.05) is 37.6 Å². The zero-order valence-electron chi connectivity index (χ0n) is 10.1. The molecule has 0 aliphatic rings. The Labute approximate surface area is 109 Å². The maximum atomic E-state index is 5.70. The minimum Gasteiger partial charge on any atom is -0.486 e. The summed E-state index contributed by atoms with van der Waals surface area (Å²) < 4.78 is 8.68. The summed E-state index contributed by atoms with van der Waals surface area (Å²) in [6.07, 6.45) is 1.66. The van der Waals surface area contributed by atoms with Gasteiger partial charge in [0.25, 0.3) is 0 Å². The number of hydrogen-bond donors (Lipinski definition) is 0. The first-order chi connectivity index (χ1) is 8.08. The molecule has 0 saturated heterocycles. The molecule has 0 atom stereocenters. The van der Waals surface area contributed by atoms with E-state index in [0.717, 1.165) is 27.2 Å². The molecule has 1 aromatic carbocycles. The lowest BCUT2D eigenvalue weighted by Crippen LogP contribution is -2.03. The fraction of sp³-hybridized carbons (Fsp3) is 0.333. The van der Waals surface area contributed by atoms with Crippen LogP contribution in [0.15, 0.2) is 22.9 Å². The zero-order chi connectivity index (χ0) is 12.4. The minimum atomic E-state index is 0.428. The Bertz CT molecular complexity index is 513. The molecule has 90 valence electrons. The van der Waals surface area contributed by atoms with Crippen molar-refractivity contribution in [2.24, 2.45) is 7.05 Å². The quantitative estimate of drug-likeness (QED) is 0.874. The van der Waals surface area contributed by atoms with Gasteiger partial charge in [0, 0.05) is 11.5 Å². The van der Waals surface area contributed by atoms with Crippen LogP contribution in [-0.2, 0) is 13.7 Å². The van der Waals surface area contributed by atoms with Crippen LogP contribution >= 0.6 is 15.9 Å². The average molecular weight is 296 g/mol. The number of ether oxygens (including phenoxy) is 1. The lowest BCUT2D eigenvalue weighted by Gasteiger charge is -2.09. The maximum absolute atomic E-state index is 5.70. The lowest BCUT2D eigenvalue weighted by atomic mass is 10.1. The van der Waals surface area contributed by atoms with E-state index < -0.39 is 0 Å². The molecule has 0 N–H and O–H groups in total. The van der Waals surface area contributed by atoms with Crippen molar-refractivity contribution < 1.29 is 4.74 Å². The molecule has 0 radical (unpaired) electrons. The average Bonchev–Trinajstić information content (AvgIpc) is 2.69. The first kappa shape index (κ1) is 12.1. The molecular weight excluding hydrogens is 282 g/mol. The first-order valence-corrected chi connectivity index (χ1v) is 6.09. The third-order valence-corrected chi connectivity index (χ3v) is 3.83. The Kier molecular flexibility index (Phi) is 3.47. The van der Waals surface area contributed by atoms with Gasteiger partial charge in [0.1, 0.15) is 18.7 Å². The minimum absolute atomic E-state index is 0.428. The van der Waals surface area contributed by atoms with Crippen molar-refractivity contribution in [3.8, 4) is 5.75 Å². The van der Waals surface area contributed by atoms with Crippen molar-refractivity contribution in [3.05, 3.63) is 39.9 Å². The van der Waals surface area contributed by atoms with Crippen molar-refractivity contribution in [2.45, 2.75) is 20.5 Å². The molecule has 0 unspecified atom stereocenters. The van der Waals surface area contributed by atoms with Crippen LogP contribution in [-0.4, -0.2) is 14.8 Å². The molecule has 17 heavy (non-hydrogen) atoms. The number of aromatic nitrogens is 3. The van der Waals surface area contributed by atoms with Gasteiger partial charge in [0.2, 0.25) is 0 Å². The Balaban J connectivity index is 2.12. The van der Waals surface area contributed by atoms with Gasteiger partial charge >= 0.3 is 0 Å². The Hall–Kier alpha value is -1.36. The van der Waals surface area contributed by atoms with Crippen molar-refractivity contribution in [1.29, 1.82) is 0 Å². The van der Waals surface area contributed by atoms with Crippen molar-refractivity contribution in [3.63, 3.8) is 0 Å². The Morgan fingerprint density at radius 1 is 1.29 bits per heavy atom. The maximum Gasteiger partial charge on any atom is 0.170 e. The summed E-state index contributed by atoms with van der Waals surface area (Å²) >= 11 is 3.53. The fourth-order valence-electron chi connectivity index (χ4n) is 1.58. The van der Waals surface area contributed by atoms with Crippen molar-refractivity contribution >= 4 is 15.9 Å². The van der Waals surface area contributed by atoms with Gasteiger partial charge in [-0.15, -0.1) is 10.2 Å². The smallest absolute Gasteiger partial charge is 0.170 e. The van der Waals surface area contributed by atoms with Crippen LogP contribution in [0.2, 0.25) is 0 Å². The molecule has 0 aliphatic carbocycles. The third kappa shape index (κ3) is 2.66. The lowest BCUT2D eigenvalue weighted by molar-refractivity contribution is 0.291. The SMILES string of the molecule is Cc1cc(OCc2nncn2C)cc(C)c1Br. The van der Waals surface area contributed by atoms with E-state index in [1.165, 1.54) is 0 Å². The molecule has 4 nitrogen and oxygen atoms in total. The molecule has 2 aromatic rings. The van der Waals surface area contributed by atoms with Gasteiger partial charge < -0.3 is 9.30 Å². The molecule has 0 bridgehead atoms. The number of benzene rings is 1. The van der Waals surface area contributed by atoms with Crippen LogP contribution in [0.5, 0.6) is 5.75 Å². The number of halogens is 1. The van der Waals surface area contributed by atoms with Gasteiger partial charge in [0.15, 0.2) is 5.82 Å². The van der Waals surface area contributed by atoms with Crippen LogP contribution in [0.4, 0.5) is 0 Å². The van der Waals surface area contributed by atoms with Gasteiger partial charge in [0.05, 0.1) is 0 Å². The highest BCUT2D eigenvalue weighted by Crippen LogP contribution is 2.26. The van der Waals surface area contributed by atoms with E-state index >= 15 is 0 Å². The van der Waals surface area contributed by atoms with E-state index in [2.05, 4.69) is 26.1 Å². The van der Waals surface area contributed by atoms with Gasteiger partial charge in [-0.1, -0.05) is 15.9 Å². The highest BCUT2D eigenvalue weighted by atomic mass is 79.9. The summed E-state index contributed by atoms with van der Waals surface area (Å²) in [5.74, 6) is 1.66. The summed E-state index contributed by atoms with van der Waals surface area (Å²) in [5, 5.41) is 7.78. The molecule has 5 heteroatoms. The van der Waals surface area contributed by atoms with E-state index in [1.54, 1.807) is 6.33 Å². The molecule has 0 fully saturated rings. The van der Waals surface area contributed by atoms with Crippen LogP contribution in [0.25, 0.3) is 0 Å². The second kappa shape index (κ2) is 4.87. The second-order valence-electron chi connectivity index (χ2n) is 4.02. The molecule has 1 heterocycles. The van der Waals surface area contributed by atoms with Gasteiger partial charge in [-0.25, -0.2) is 0 Å². The summed E-state index contributed by atoms with van der Waals surface area (Å²) in [4.78, 5) is 0. The van der Waals surface area contributed by atoms with E-state index in [-0.39, 0.29) is 0 Å². The molecule has 0 spiro atoms. The van der Waals surface area contributed by atoms with Crippen LogP contribution in [0.3, 0.4) is 0 Å². The van der Waals surface area contributed by atoms with Gasteiger partial charge in [-0.2, -0.15) is 0 Å². The van der Waals surface area contributed by atoms with E-state index in [0.29, 0.717) is 6.61 Å². The molecule has 1 aromatic heterocycles. The molecule has 0 amide bonds. The van der Waals surface area contributed by atoms with Crippen molar-refractivity contribution in [1.82, 2.24) is 14.8 Å². The zero-order valence-corrected chi connectivity index (χ0v) is 11.7. The molecular formula is C12H14BrN3O. The number of hydrogen-bond acceptors (Lipinski definition) is 3. The predicted molar refractivity (Wildman–Crippen MR) is 69.0 cm³/mol. The Morgan fingerprint density at radius 3 is 2.47 bits per heavy atom. The summed E-state index contributed by atoms with van der Waals surface area (Å²) in [6.45, 7) is 4.52. The standard InChI is InChI=1S/C12H14BrN3O/c1-8-4-10(5-9(2)12(8)13)17-6-11-15-14-7-16(11)3/h4-5,7H,6H2,1-3H3. The Morgan fingerprint density at radius 2 is 1.94 bits per heavy atom. The highest BCUT2D eigenvalue weighted by molar-refractivity contribution is 9.10. The summed E-state index contributed by atoms with van der Waals surface area (Å²) in [5.41, 5.74) is 2.33. The van der Waals surface area contributed by atoms with E-state index in [4.69, 9.17) is 4.74 Å². The topological polar surface area (TPSA) is 39.9 Å². The highest BCUT2D eigenvalue weighted by Gasteiger charge is 2.05. The third-order valence-electron chi connectivity index (χ3n) is 2.58. The van der Waals surface area contributed by atoms with Crippen LogP contribution in [0, 0.1) is 13.8 Å². The van der Waals surface area contributed by atoms with Crippen LogP contribution < -0.4 is 4.74 Å². The van der Waals surface area contributed by atoms with Gasteiger partial charge in [-0.3, -0.25) is 0 Å². The van der Waals surface area contributed by atoms with E-state index in [9.17, 15) is 0 Å².